The maximum Gasteiger partial charge on any atom is 0.338 e. The summed E-state index contributed by atoms with van der Waals surface area (Å²) < 4.78 is 5.38. The first-order valence-electron chi connectivity index (χ1n) is 6.53. The van der Waals surface area contributed by atoms with E-state index in [-0.39, 0.29) is 12.1 Å². The minimum Gasteiger partial charge on any atom is -0.459 e. The van der Waals surface area contributed by atoms with Crippen LogP contribution in [-0.4, -0.2) is 18.6 Å². The third-order valence-corrected chi connectivity index (χ3v) is 2.73. The van der Waals surface area contributed by atoms with E-state index in [0.717, 1.165) is 18.4 Å². The predicted molar refractivity (Wildman–Crippen MR) is 73.5 cm³/mol. The summed E-state index contributed by atoms with van der Waals surface area (Å²) in [5, 5.41) is 0. The normalized spacial score (nSPS) is 12.5. The molecule has 0 saturated carbocycles. The molecule has 0 fully saturated rings. The van der Waals surface area contributed by atoms with Gasteiger partial charge in [-0.15, -0.1) is 0 Å². The minimum atomic E-state index is -0.248. The Balaban J connectivity index is 2.56. The molecule has 3 nitrogen and oxygen atoms in total. The Morgan fingerprint density at radius 3 is 2.33 bits per heavy atom. The van der Waals surface area contributed by atoms with Crippen molar-refractivity contribution < 1.29 is 9.53 Å². The van der Waals surface area contributed by atoms with Gasteiger partial charge in [0.1, 0.15) is 0 Å². The van der Waals surface area contributed by atoms with E-state index in [9.17, 15) is 4.79 Å². The molecule has 1 aromatic carbocycles. The van der Waals surface area contributed by atoms with E-state index in [1.54, 1.807) is 12.1 Å². The first-order chi connectivity index (χ1) is 8.52. The fourth-order valence-electron chi connectivity index (χ4n) is 1.94. The van der Waals surface area contributed by atoms with Crippen LogP contribution < -0.4 is 5.73 Å². The van der Waals surface area contributed by atoms with E-state index in [1.807, 2.05) is 19.1 Å². The number of hydrogen-bond donors (Lipinski definition) is 1. The van der Waals surface area contributed by atoms with Crippen LogP contribution in [-0.2, 0) is 11.2 Å². The molecule has 1 rings (SSSR count). The van der Waals surface area contributed by atoms with Crippen LogP contribution in [0.15, 0.2) is 24.3 Å². The van der Waals surface area contributed by atoms with Crippen LogP contribution in [0, 0.1) is 5.92 Å². The van der Waals surface area contributed by atoms with Gasteiger partial charge in [-0.2, -0.15) is 0 Å². The molecule has 0 heterocycles. The lowest BCUT2D eigenvalue weighted by Gasteiger charge is -2.15. The zero-order chi connectivity index (χ0) is 13.5. The molecule has 0 amide bonds. The van der Waals surface area contributed by atoms with Crippen molar-refractivity contribution in [2.45, 2.75) is 39.7 Å². The van der Waals surface area contributed by atoms with Crippen LogP contribution in [0.2, 0.25) is 0 Å². The highest BCUT2D eigenvalue weighted by atomic mass is 16.5. The topological polar surface area (TPSA) is 52.3 Å². The van der Waals surface area contributed by atoms with Gasteiger partial charge in [-0.25, -0.2) is 4.79 Å². The molecule has 2 N–H and O–H groups in total. The predicted octanol–water partition coefficient (Wildman–Crippen LogP) is 2.78. The van der Waals surface area contributed by atoms with Gasteiger partial charge >= 0.3 is 5.97 Å². The molecular weight excluding hydrogens is 226 g/mol. The molecule has 0 aliphatic carbocycles. The highest BCUT2D eigenvalue weighted by molar-refractivity contribution is 5.89. The Bertz CT molecular complexity index is 371. The molecular formula is C15H23NO2. The summed E-state index contributed by atoms with van der Waals surface area (Å²) >= 11 is 0. The first-order valence-corrected chi connectivity index (χ1v) is 6.53. The lowest BCUT2D eigenvalue weighted by molar-refractivity contribution is 0.0299. The molecule has 100 valence electrons. The summed E-state index contributed by atoms with van der Waals surface area (Å²) in [7, 11) is 0. The van der Waals surface area contributed by atoms with Gasteiger partial charge in [-0.05, 0) is 49.9 Å². The quantitative estimate of drug-likeness (QED) is 0.789. The molecule has 0 radical (unpaired) electrons. The van der Waals surface area contributed by atoms with Gasteiger partial charge < -0.3 is 10.5 Å². The SMILES string of the molecule is CC(C)CC(C)OC(=O)c1ccc(CCN)cc1. The Labute approximate surface area is 109 Å². The van der Waals surface area contributed by atoms with Gasteiger partial charge in [0.2, 0.25) is 0 Å². The van der Waals surface area contributed by atoms with E-state index in [2.05, 4.69) is 13.8 Å². The van der Waals surface area contributed by atoms with Gasteiger partial charge in [0, 0.05) is 0 Å². The summed E-state index contributed by atoms with van der Waals surface area (Å²) in [5.41, 5.74) is 7.22. The van der Waals surface area contributed by atoms with Crippen molar-refractivity contribution in [1.29, 1.82) is 0 Å². The zero-order valence-electron chi connectivity index (χ0n) is 11.5. The van der Waals surface area contributed by atoms with Crippen LogP contribution in [0.4, 0.5) is 0 Å². The van der Waals surface area contributed by atoms with Crippen LogP contribution >= 0.6 is 0 Å². The fraction of sp³-hybridized carbons (Fsp3) is 0.533. The second kappa shape index (κ2) is 7.17. The highest BCUT2D eigenvalue weighted by Gasteiger charge is 2.12. The Morgan fingerprint density at radius 1 is 1.22 bits per heavy atom. The highest BCUT2D eigenvalue weighted by Crippen LogP contribution is 2.12. The molecule has 0 aromatic heterocycles. The van der Waals surface area contributed by atoms with Crippen molar-refractivity contribution in [2.75, 3.05) is 6.54 Å². The average molecular weight is 249 g/mol. The van der Waals surface area contributed by atoms with Crippen molar-refractivity contribution in [3.05, 3.63) is 35.4 Å². The Morgan fingerprint density at radius 2 is 1.83 bits per heavy atom. The Kier molecular flexibility index (Phi) is 5.86. The van der Waals surface area contributed by atoms with E-state index in [4.69, 9.17) is 10.5 Å². The summed E-state index contributed by atoms with van der Waals surface area (Å²) in [6.45, 7) is 6.79. The monoisotopic (exact) mass is 249 g/mol. The number of esters is 1. The summed E-state index contributed by atoms with van der Waals surface area (Å²) in [4.78, 5) is 11.9. The van der Waals surface area contributed by atoms with E-state index >= 15 is 0 Å². The van der Waals surface area contributed by atoms with E-state index < -0.39 is 0 Å². The molecule has 18 heavy (non-hydrogen) atoms. The molecule has 0 bridgehead atoms. The van der Waals surface area contributed by atoms with Gasteiger partial charge in [0.05, 0.1) is 11.7 Å². The molecule has 0 aliphatic heterocycles. The average Bonchev–Trinajstić information content (AvgIpc) is 2.29. The van der Waals surface area contributed by atoms with Crippen LogP contribution in [0.1, 0.15) is 43.1 Å². The van der Waals surface area contributed by atoms with Crippen molar-refractivity contribution in [1.82, 2.24) is 0 Å². The maximum atomic E-state index is 11.9. The molecule has 1 aromatic rings. The van der Waals surface area contributed by atoms with Gasteiger partial charge in [0.15, 0.2) is 0 Å². The molecule has 0 saturated heterocycles. The third kappa shape index (κ3) is 4.88. The minimum absolute atomic E-state index is 0.0405. The fourth-order valence-corrected chi connectivity index (χ4v) is 1.94. The van der Waals surface area contributed by atoms with Crippen LogP contribution in [0.25, 0.3) is 0 Å². The third-order valence-electron chi connectivity index (χ3n) is 2.73. The molecule has 1 atom stereocenters. The van der Waals surface area contributed by atoms with Crippen molar-refractivity contribution in [3.63, 3.8) is 0 Å². The van der Waals surface area contributed by atoms with Crippen molar-refractivity contribution in [2.24, 2.45) is 11.7 Å². The molecule has 3 heteroatoms. The van der Waals surface area contributed by atoms with Crippen LogP contribution in [0.3, 0.4) is 0 Å². The van der Waals surface area contributed by atoms with Gasteiger partial charge in [0.25, 0.3) is 0 Å². The van der Waals surface area contributed by atoms with Gasteiger partial charge in [-0.1, -0.05) is 26.0 Å². The number of carbonyl (C=O) groups excluding carboxylic acids is 1. The largest absolute Gasteiger partial charge is 0.459 e. The van der Waals surface area contributed by atoms with Crippen molar-refractivity contribution in [3.8, 4) is 0 Å². The summed E-state index contributed by atoms with van der Waals surface area (Å²) in [6.07, 6.45) is 1.68. The zero-order valence-corrected chi connectivity index (χ0v) is 11.5. The number of benzene rings is 1. The van der Waals surface area contributed by atoms with E-state index in [0.29, 0.717) is 18.0 Å². The smallest absolute Gasteiger partial charge is 0.338 e. The first kappa shape index (κ1) is 14.7. The van der Waals surface area contributed by atoms with E-state index in [1.165, 1.54) is 0 Å². The van der Waals surface area contributed by atoms with Crippen LogP contribution in [0.5, 0.6) is 0 Å². The second-order valence-electron chi connectivity index (χ2n) is 5.08. The second-order valence-corrected chi connectivity index (χ2v) is 5.08. The standard InChI is InChI=1S/C15H23NO2/c1-11(2)10-12(3)18-15(17)14-6-4-13(5-7-14)8-9-16/h4-7,11-12H,8-10,16H2,1-3H3. The van der Waals surface area contributed by atoms with Gasteiger partial charge in [-0.3, -0.25) is 0 Å². The maximum absolute atomic E-state index is 11.9. The lowest BCUT2D eigenvalue weighted by Crippen LogP contribution is -2.17. The number of rotatable bonds is 6. The van der Waals surface area contributed by atoms with Crippen molar-refractivity contribution >= 4 is 5.97 Å². The number of carbonyl (C=O) groups is 1. The lowest BCUT2D eigenvalue weighted by atomic mass is 10.1. The summed E-state index contributed by atoms with van der Waals surface area (Å²) in [5.74, 6) is 0.280. The number of hydrogen-bond acceptors (Lipinski definition) is 3. The number of nitrogens with two attached hydrogens (primary N) is 1. The molecule has 1 unspecified atom stereocenters. The Hall–Kier alpha value is -1.35. The number of ether oxygens (including phenoxy) is 1. The summed E-state index contributed by atoms with van der Waals surface area (Å²) in [6, 6.07) is 7.46. The molecule has 0 spiro atoms. The molecule has 0 aliphatic rings.